The van der Waals surface area contributed by atoms with Crippen LogP contribution in [0.3, 0.4) is 0 Å². The highest BCUT2D eigenvalue weighted by Gasteiger charge is 2.36. The maximum absolute atomic E-state index is 12.6. The van der Waals surface area contributed by atoms with E-state index in [9.17, 15) is 9.59 Å². The van der Waals surface area contributed by atoms with Crippen molar-refractivity contribution in [1.29, 1.82) is 0 Å². The minimum Gasteiger partial charge on any atom is -0.491 e. The second-order valence-electron chi connectivity index (χ2n) is 5.76. The Morgan fingerprint density at radius 1 is 1.13 bits per heavy atom. The number of amides is 2. The normalized spacial score (nSPS) is 19.0. The van der Waals surface area contributed by atoms with Gasteiger partial charge in [-0.1, -0.05) is 17.7 Å². The highest BCUT2D eigenvalue weighted by atomic mass is 16.6. The van der Waals surface area contributed by atoms with Crippen molar-refractivity contribution in [2.75, 3.05) is 18.1 Å². The number of epoxide rings is 1. The largest absolute Gasteiger partial charge is 0.491 e. The van der Waals surface area contributed by atoms with Crippen molar-refractivity contribution in [2.45, 2.75) is 13.0 Å². The van der Waals surface area contributed by atoms with Crippen molar-refractivity contribution < 1.29 is 19.1 Å². The lowest BCUT2D eigenvalue weighted by Crippen LogP contribution is -2.29. The molecule has 1 saturated heterocycles. The van der Waals surface area contributed by atoms with Gasteiger partial charge in [-0.2, -0.15) is 0 Å². The molecule has 116 valence electrons. The predicted octanol–water partition coefficient (Wildman–Crippen LogP) is 2.57. The van der Waals surface area contributed by atoms with E-state index in [0.717, 1.165) is 12.2 Å². The van der Waals surface area contributed by atoms with Crippen LogP contribution in [0.1, 0.15) is 26.3 Å². The highest BCUT2D eigenvalue weighted by Crippen LogP contribution is 2.31. The number of anilines is 1. The summed E-state index contributed by atoms with van der Waals surface area (Å²) in [5.74, 6) is 0.0230. The Balaban J connectivity index is 1.64. The number of carbonyl (C=O) groups excluding carboxylic acids is 2. The molecule has 1 atom stereocenters. The van der Waals surface area contributed by atoms with Gasteiger partial charge < -0.3 is 9.47 Å². The lowest BCUT2D eigenvalue weighted by molar-refractivity contribution is 0.0926. The van der Waals surface area contributed by atoms with Crippen LogP contribution in [0.15, 0.2) is 42.5 Å². The standard InChI is InChI=1S/C18H15NO4/c1-11-5-6-15-16(7-11)18(21)19(17(15)20)12-3-2-4-13(8-12)22-9-14-10-23-14/h2-8,14H,9-10H2,1H3. The summed E-state index contributed by atoms with van der Waals surface area (Å²) in [6.45, 7) is 3.09. The smallest absolute Gasteiger partial charge is 0.266 e. The fourth-order valence-corrected chi connectivity index (χ4v) is 2.65. The van der Waals surface area contributed by atoms with Gasteiger partial charge in [0.1, 0.15) is 18.5 Å². The molecule has 0 aromatic heterocycles. The quantitative estimate of drug-likeness (QED) is 0.643. The van der Waals surface area contributed by atoms with Gasteiger partial charge in [0.05, 0.1) is 23.4 Å². The van der Waals surface area contributed by atoms with E-state index in [1.807, 2.05) is 13.0 Å². The molecule has 0 N–H and O–H groups in total. The second kappa shape index (κ2) is 5.21. The van der Waals surface area contributed by atoms with E-state index >= 15 is 0 Å². The van der Waals surface area contributed by atoms with Crippen LogP contribution < -0.4 is 9.64 Å². The first kappa shape index (κ1) is 14.0. The molecule has 5 nitrogen and oxygen atoms in total. The summed E-state index contributed by atoms with van der Waals surface area (Å²) >= 11 is 0. The molecule has 0 saturated carbocycles. The van der Waals surface area contributed by atoms with Gasteiger partial charge in [0.25, 0.3) is 11.8 Å². The highest BCUT2D eigenvalue weighted by molar-refractivity contribution is 6.34. The molecule has 0 bridgehead atoms. The second-order valence-corrected chi connectivity index (χ2v) is 5.76. The zero-order valence-electron chi connectivity index (χ0n) is 12.6. The Kier molecular flexibility index (Phi) is 3.16. The summed E-state index contributed by atoms with van der Waals surface area (Å²) in [5.41, 5.74) is 2.36. The summed E-state index contributed by atoms with van der Waals surface area (Å²) in [4.78, 5) is 26.3. The molecule has 23 heavy (non-hydrogen) atoms. The maximum atomic E-state index is 12.6. The fraction of sp³-hybridized carbons (Fsp3) is 0.222. The van der Waals surface area contributed by atoms with Gasteiger partial charge in [-0.15, -0.1) is 0 Å². The zero-order valence-corrected chi connectivity index (χ0v) is 12.6. The lowest BCUT2D eigenvalue weighted by Gasteiger charge is -2.15. The first-order chi connectivity index (χ1) is 11.1. The minimum absolute atomic E-state index is 0.154. The van der Waals surface area contributed by atoms with Gasteiger partial charge in [-0.25, -0.2) is 4.90 Å². The first-order valence-electron chi connectivity index (χ1n) is 7.47. The van der Waals surface area contributed by atoms with Gasteiger partial charge in [0.2, 0.25) is 0 Å². The fourth-order valence-electron chi connectivity index (χ4n) is 2.65. The summed E-state index contributed by atoms with van der Waals surface area (Å²) in [7, 11) is 0. The van der Waals surface area contributed by atoms with E-state index in [4.69, 9.17) is 9.47 Å². The van der Waals surface area contributed by atoms with E-state index < -0.39 is 0 Å². The molecule has 0 radical (unpaired) electrons. The number of rotatable bonds is 4. The van der Waals surface area contributed by atoms with Gasteiger partial charge >= 0.3 is 0 Å². The number of hydrogen-bond donors (Lipinski definition) is 0. The molecule has 2 aromatic rings. The number of imide groups is 1. The molecule has 0 aliphatic carbocycles. The van der Waals surface area contributed by atoms with Crippen LogP contribution in [0.25, 0.3) is 0 Å². The first-order valence-corrected chi connectivity index (χ1v) is 7.47. The molecule has 2 aromatic carbocycles. The molecule has 2 aliphatic heterocycles. The summed E-state index contributed by atoms with van der Waals surface area (Å²) in [6, 6.07) is 12.3. The summed E-state index contributed by atoms with van der Waals surface area (Å²) < 4.78 is 10.7. The summed E-state index contributed by atoms with van der Waals surface area (Å²) in [5, 5.41) is 0. The van der Waals surface area contributed by atoms with Crippen molar-refractivity contribution in [1.82, 2.24) is 0 Å². The Labute approximate surface area is 133 Å². The van der Waals surface area contributed by atoms with Crippen LogP contribution in [0, 0.1) is 6.92 Å². The van der Waals surface area contributed by atoms with E-state index in [1.165, 1.54) is 4.90 Å². The van der Waals surface area contributed by atoms with Crippen molar-refractivity contribution >= 4 is 17.5 Å². The number of ether oxygens (including phenoxy) is 2. The van der Waals surface area contributed by atoms with Crippen molar-refractivity contribution in [3.05, 3.63) is 59.2 Å². The average molecular weight is 309 g/mol. The SMILES string of the molecule is Cc1ccc2c(c1)C(=O)N(c1cccc(OCC3CO3)c1)C2=O. The predicted molar refractivity (Wildman–Crippen MR) is 84.0 cm³/mol. The number of hydrogen-bond acceptors (Lipinski definition) is 4. The van der Waals surface area contributed by atoms with E-state index in [1.54, 1.807) is 36.4 Å². The van der Waals surface area contributed by atoms with Crippen LogP contribution in [0.4, 0.5) is 5.69 Å². The molecule has 2 aliphatic rings. The van der Waals surface area contributed by atoms with Gasteiger partial charge in [0.15, 0.2) is 0 Å². The van der Waals surface area contributed by atoms with Gasteiger partial charge in [-0.05, 0) is 31.2 Å². The van der Waals surface area contributed by atoms with Crippen molar-refractivity contribution in [3.63, 3.8) is 0 Å². The molecule has 4 rings (SSSR count). The van der Waals surface area contributed by atoms with Crippen LogP contribution >= 0.6 is 0 Å². The van der Waals surface area contributed by atoms with E-state index in [-0.39, 0.29) is 17.9 Å². The van der Waals surface area contributed by atoms with Crippen LogP contribution in [-0.4, -0.2) is 31.1 Å². The topological polar surface area (TPSA) is 59.1 Å². The number of benzene rings is 2. The van der Waals surface area contributed by atoms with E-state index in [2.05, 4.69) is 0 Å². The van der Waals surface area contributed by atoms with Gasteiger partial charge in [0, 0.05) is 6.07 Å². The molecule has 1 fully saturated rings. The minimum atomic E-state index is -0.298. The average Bonchev–Trinajstić information content (AvgIpc) is 3.34. The third kappa shape index (κ3) is 2.49. The Bertz CT molecular complexity index is 810. The van der Waals surface area contributed by atoms with Crippen LogP contribution in [0.5, 0.6) is 5.75 Å². The number of fused-ring (bicyclic) bond motifs is 1. The Hall–Kier alpha value is -2.66. The molecule has 2 heterocycles. The lowest BCUT2D eigenvalue weighted by atomic mass is 10.1. The molecule has 1 unspecified atom stereocenters. The van der Waals surface area contributed by atoms with Crippen LogP contribution in [0.2, 0.25) is 0 Å². The van der Waals surface area contributed by atoms with E-state index in [0.29, 0.717) is 29.2 Å². The molecule has 2 amide bonds. The zero-order chi connectivity index (χ0) is 16.0. The molecular formula is C18H15NO4. The molecule has 5 heteroatoms. The van der Waals surface area contributed by atoms with Crippen molar-refractivity contribution in [3.8, 4) is 5.75 Å². The maximum Gasteiger partial charge on any atom is 0.266 e. The van der Waals surface area contributed by atoms with Crippen LogP contribution in [-0.2, 0) is 4.74 Å². The van der Waals surface area contributed by atoms with Crippen molar-refractivity contribution in [2.24, 2.45) is 0 Å². The summed E-state index contributed by atoms with van der Waals surface area (Å²) in [6.07, 6.45) is 0.154. The molecular weight excluding hydrogens is 294 g/mol. The number of carbonyl (C=O) groups is 2. The third-order valence-electron chi connectivity index (χ3n) is 3.96. The number of nitrogens with zero attached hydrogens (tertiary/aromatic N) is 1. The Morgan fingerprint density at radius 2 is 1.91 bits per heavy atom. The molecule has 0 spiro atoms. The van der Waals surface area contributed by atoms with Gasteiger partial charge in [-0.3, -0.25) is 9.59 Å². The third-order valence-corrected chi connectivity index (χ3v) is 3.96. The number of aryl methyl sites for hydroxylation is 1. The monoisotopic (exact) mass is 309 g/mol. The Morgan fingerprint density at radius 3 is 2.70 bits per heavy atom.